The van der Waals surface area contributed by atoms with Crippen molar-refractivity contribution in [2.75, 3.05) is 7.11 Å². The normalized spacial score (nSPS) is 11.6. The van der Waals surface area contributed by atoms with E-state index in [1.54, 1.807) is 13.3 Å². The Balaban J connectivity index is 2.71. The lowest BCUT2D eigenvalue weighted by Gasteiger charge is -2.22. The Hall–Kier alpha value is -1.22. The maximum absolute atomic E-state index is 12.0. The summed E-state index contributed by atoms with van der Waals surface area (Å²) in [4.78, 5) is 16.2. The maximum Gasteiger partial charge on any atom is 0.181 e. The van der Waals surface area contributed by atoms with Gasteiger partial charge in [-0.05, 0) is 45.2 Å². The molecule has 3 nitrogen and oxygen atoms in total. The number of aromatic nitrogens is 1. The van der Waals surface area contributed by atoms with Gasteiger partial charge in [-0.25, -0.2) is 0 Å². The second-order valence-electron chi connectivity index (χ2n) is 5.07. The summed E-state index contributed by atoms with van der Waals surface area (Å²) in [6.07, 6.45) is 2.91. The van der Waals surface area contributed by atoms with Crippen LogP contribution in [0.15, 0.2) is 12.3 Å². The lowest BCUT2D eigenvalue weighted by molar-refractivity contribution is 0.0141. The summed E-state index contributed by atoms with van der Waals surface area (Å²) in [6.45, 7) is 7.86. The van der Waals surface area contributed by atoms with Gasteiger partial charge in [-0.2, -0.15) is 0 Å². The van der Waals surface area contributed by atoms with E-state index < -0.39 is 0 Å². The molecule has 0 amide bonds. The third kappa shape index (κ3) is 3.93. The van der Waals surface area contributed by atoms with Gasteiger partial charge in [0.1, 0.15) is 5.69 Å². The number of carbonyl (C=O) groups is 1. The predicted octanol–water partition coefficient (Wildman–Crippen LogP) is 3.09. The van der Waals surface area contributed by atoms with Crippen LogP contribution >= 0.6 is 0 Å². The van der Waals surface area contributed by atoms with Crippen molar-refractivity contribution >= 4 is 5.78 Å². The summed E-state index contributed by atoms with van der Waals surface area (Å²) in [5, 5.41) is 0. The number of aryl methyl sites for hydroxylation is 2. The van der Waals surface area contributed by atoms with Crippen molar-refractivity contribution < 1.29 is 9.53 Å². The first-order valence-corrected chi connectivity index (χ1v) is 5.87. The van der Waals surface area contributed by atoms with E-state index in [1.165, 1.54) is 0 Å². The minimum Gasteiger partial charge on any atom is -0.379 e. The Morgan fingerprint density at radius 1 is 1.41 bits per heavy atom. The number of ether oxygens (including phenoxy) is 1. The summed E-state index contributed by atoms with van der Waals surface area (Å²) in [7, 11) is 1.67. The fourth-order valence-corrected chi connectivity index (χ4v) is 1.64. The zero-order valence-electron chi connectivity index (χ0n) is 11.3. The van der Waals surface area contributed by atoms with E-state index in [1.807, 2.05) is 33.8 Å². The molecule has 0 unspecified atom stereocenters. The molecule has 1 rings (SSSR count). The molecule has 1 aromatic rings. The highest BCUT2D eigenvalue weighted by molar-refractivity contribution is 5.95. The molecule has 1 aromatic heterocycles. The molecule has 0 bridgehead atoms. The number of nitrogens with zero attached hydrogens (tertiary/aromatic N) is 1. The van der Waals surface area contributed by atoms with Gasteiger partial charge >= 0.3 is 0 Å². The van der Waals surface area contributed by atoms with Gasteiger partial charge in [0.25, 0.3) is 0 Å². The van der Waals surface area contributed by atoms with Gasteiger partial charge in [0.15, 0.2) is 5.78 Å². The number of hydrogen-bond acceptors (Lipinski definition) is 3. The van der Waals surface area contributed by atoms with Crippen molar-refractivity contribution in [1.82, 2.24) is 4.98 Å². The molecule has 0 aliphatic carbocycles. The van der Waals surface area contributed by atoms with Gasteiger partial charge in [0, 0.05) is 19.7 Å². The molecule has 0 aliphatic rings. The van der Waals surface area contributed by atoms with Gasteiger partial charge < -0.3 is 4.74 Å². The fraction of sp³-hybridized carbons (Fsp3) is 0.571. The molecular formula is C14H21NO2. The molecule has 0 radical (unpaired) electrons. The number of hydrogen-bond donors (Lipinski definition) is 0. The molecule has 0 fully saturated rings. The van der Waals surface area contributed by atoms with E-state index >= 15 is 0 Å². The second kappa shape index (κ2) is 5.41. The van der Waals surface area contributed by atoms with Gasteiger partial charge in [-0.3, -0.25) is 9.78 Å². The minimum atomic E-state index is -0.256. The molecule has 0 N–H and O–H groups in total. The number of rotatable bonds is 5. The average molecular weight is 235 g/mol. The molecular weight excluding hydrogens is 214 g/mol. The van der Waals surface area contributed by atoms with Crippen LogP contribution in [-0.4, -0.2) is 23.5 Å². The number of Topliss-reactive ketones (excluding diaryl/α,β-unsaturated/α-hetero) is 1. The van der Waals surface area contributed by atoms with Crippen molar-refractivity contribution in [2.45, 2.75) is 46.1 Å². The van der Waals surface area contributed by atoms with E-state index in [0.717, 1.165) is 11.1 Å². The first-order chi connectivity index (χ1) is 7.85. The minimum absolute atomic E-state index is 0.0904. The highest BCUT2D eigenvalue weighted by atomic mass is 16.5. The topological polar surface area (TPSA) is 39.2 Å². The molecule has 3 heteroatoms. The number of carbonyl (C=O) groups excluding carboxylic acids is 1. The Labute approximate surface area is 103 Å². The van der Waals surface area contributed by atoms with Crippen molar-refractivity contribution in [1.29, 1.82) is 0 Å². The zero-order valence-corrected chi connectivity index (χ0v) is 11.3. The van der Waals surface area contributed by atoms with Crippen molar-refractivity contribution in [3.63, 3.8) is 0 Å². The number of pyridine rings is 1. The molecule has 0 aliphatic heterocycles. The molecule has 0 spiro atoms. The van der Waals surface area contributed by atoms with Crippen molar-refractivity contribution in [2.24, 2.45) is 0 Å². The smallest absolute Gasteiger partial charge is 0.181 e. The van der Waals surface area contributed by atoms with Crippen LogP contribution in [0.5, 0.6) is 0 Å². The Morgan fingerprint density at radius 2 is 2.06 bits per heavy atom. The van der Waals surface area contributed by atoms with E-state index in [-0.39, 0.29) is 11.4 Å². The summed E-state index contributed by atoms with van der Waals surface area (Å²) < 4.78 is 5.30. The first kappa shape index (κ1) is 13.8. The summed E-state index contributed by atoms with van der Waals surface area (Å²) in [6, 6.07) is 1.99. The van der Waals surface area contributed by atoms with Crippen molar-refractivity contribution in [3.8, 4) is 0 Å². The molecule has 0 saturated carbocycles. The Bertz CT molecular complexity index is 411. The first-order valence-electron chi connectivity index (χ1n) is 5.87. The van der Waals surface area contributed by atoms with Crippen LogP contribution in [0.2, 0.25) is 0 Å². The third-order valence-electron chi connectivity index (χ3n) is 2.99. The van der Waals surface area contributed by atoms with Gasteiger partial charge in [-0.1, -0.05) is 6.07 Å². The summed E-state index contributed by atoms with van der Waals surface area (Å²) in [5.41, 5.74) is 2.36. The number of ketones is 1. The van der Waals surface area contributed by atoms with E-state index in [4.69, 9.17) is 4.74 Å². The SMILES string of the molecule is COC(C)(C)CCC(=O)c1ncc(C)cc1C. The molecule has 1 heterocycles. The van der Waals surface area contributed by atoms with Crippen LogP contribution in [0.25, 0.3) is 0 Å². The Kier molecular flexibility index (Phi) is 4.40. The van der Waals surface area contributed by atoms with Crippen LogP contribution in [0.4, 0.5) is 0 Å². The van der Waals surface area contributed by atoms with E-state index in [9.17, 15) is 4.79 Å². The average Bonchev–Trinajstić information content (AvgIpc) is 2.26. The van der Waals surface area contributed by atoms with Gasteiger partial charge in [0.2, 0.25) is 0 Å². The Morgan fingerprint density at radius 3 is 2.59 bits per heavy atom. The molecule has 0 aromatic carbocycles. The lowest BCUT2D eigenvalue weighted by atomic mass is 9.98. The standard InChI is InChI=1S/C14H21NO2/c1-10-8-11(2)13(15-9-10)12(16)6-7-14(3,4)17-5/h8-9H,6-7H2,1-5H3. The molecule has 94 valence electrons. The largest absolute Gasteiger partial charge is 0.379 e. The van der Waals surface area contributed by atoms with E-state index in [2.05, 4.69) is 4.98 Å². The van der Waals surface area contributed by atoms with Crippen LogP contribution in [0.3, 0.4) is 0 Å². The van der Waals surface area contributed by atoms with Gasteiger partial charge in [-0.15, -0.1) is 0 Å². The van der Waals surface area contributed by atoms with Crippen LogP contribution in [-0.2, 0) is 4.74 Å². The predicted molar refractivity (Wildman–Crippen MR) is 68.4 cm³/mol. The van der Waals surface area contributed by atoms with Crippen LogP contribution in [0, 0.1) is 13.8 Å². The summed E-state index contributed by atoms with van der Waals surface area (Å²) >= 11 is 0. The molecule has 0 saturated heterocycles. The highest BCUT2D eigenvalue weighted by Gasteiger charge is 2.19. The fourth-order valence-electron chi connectivity index (χ4n) is 1.64. The maximum atomic E-state index is 12.0. The zero-order chi connectivity index (χ0) is 13.1. The highest BCUT2D eigenvalue weighted by Crippen LogP contribution is 2.18. The second-order valence-corrected chi connectivity index (χ2v) is 5.07. The summed E-state index contributed by atoms with van der Waals surface area (Å²) in [5.74, 6) is 0.0904. The van der Waals surface area contributed by atoms with Crippen molar-refractivity contribution in [3.05, 3.63) is 29.1 Å². The quantitative estimate of drug-likeness (QED) is 0.736. The monoisotopic (exact) mass is 235 g/mol. The molecule has 17 heavy (non-hydrogen) atoms. The number of methoxy groups -OCH3 is 1. The lowest BCUT2D eigenvalue weighted by Crippen LogP contribution is -2.23. The van der Waals surface area contributed by atoms with Gasteiger partial charge in [0.05, 0.1) is 5.60 Å². The van der Waals surface area contributed by atoms with E-state index in [0.29, 0.717) is 18.5 Å². The third-order valence-corrected chi connectivity index (χ3v) is 2.99. The van der Waals surface area contributed by atoms with Crippen LogP contribution < -0.4 is 0 Å². The molecule has 0 atom stereocenters. The van der Waals surface area contributed by atoms with Crippen LogP contribution in [0.1, 0.15) is 48.3 Å².